The molecule has 0 aliphatic rings. The molecule has 0 aliphatic carbocycles. The zero-order valence-electron chi connectivity index (χ0n) is 9.95. The van der Waals surface area contributed by atoms with E-state index in [9.17, 15) is 0 Å². The first-order valence-corrected chi connectivity index (χ1v) is 6.30. The van der Waals surface area contributed by atoms with Crippen LogP contribution in [-0.2, 0) is 13.0 Å². The minimum atomic E-state index is 0.812. The number of anilines is 1. The SMILES string of the molecule is CCc1ccc(Cn2nc(C)c(N)c2C)s1. The first-order chi connectivity index (χ1) is 7.61. The van der Waals surface area contributed by atoms with Crippen LogP contribution in [0.1, 0.15) is 28.1 Å². The largest absolute Gasteiger partial charge is 0.396 e. The summed E-state index contributed by atoms with van der Waals surface area (Å²) in [6, 6.07) is 4.37. The molecule has 3 nitrogen and oxygen atoms in total. The van der Waals surface area contributed by atoms with Gasteiger partial charge in [-0.3, -0.25) is 4.68 Å². The summed E-state index contributed by atoms with van der Waals surface area (Å²) in [4.78, 5) is 2.76. The lowest BCUT2D eigenvalue weighted by Crippen LogP contribution is -2.02. The van der Waals surface area contributed by atoms with Crippen molar-refractivity contribution in [3.8, 4) is 0 Å². The zero-order chi connectivity index (χ0) is 11.7. The molecule has 16 heavy (non-hydrogen) atoms. The van der Waals surface area contributed by atoms with E-state index in [4.69, 9.17) is 5.73 Å². The van der Waals surface area contributed by atoms with Gasteiger partial charge in [-0.1, -0.05) is 6.92 Å². The van der Waals surface area contributed by atoms with Gasteiger partial charge in [-0.2, -0.15) is 5.10 Å². The molecule has 86 valence electrons. The molecule has 0 aliphatic heterocycles. The Hall–Kier alpha value is -1.29. The second kappa shape index (κ2) is 4.29. The fraction of sp³-hybridized carbons (Fsp3) is 0.417. The Kier molecular flexibility index (Phi) is 3.01. The second-order valence-electron chi connectivity index (χ2n) is 3.96. The van der Waals surface area contributed by atoms with Gasteiger partial charge in [0.2, 0.25) is 0 Å². The molecule has 0 bridgehead atoms. The van der Waals surface area contributed by atoms with Crippen molar-refractivity contribution in [1.82, 2.24) is 9.78 Å². The monoisotopic (exact) mass is 235 g/mol. The van der Waals surface area contributed by atoms with Crippen LogP contribution in [0, 0.1) is 13.8 Å². The molecule has 0 unspecified atom stereocenters. The molecule has 0 atom stereocenters. The van der Waals surface area contributed by atoms with Gasteiger partial charge in [0.15, 0.2) is 0 Å². The molecular weight excluding hydrogens is 218 g/mol. The zero-order valence-corrected chi connectivity index (χ0v) is 10.8. The van der Waals surface area contributed by atoms with Crippen LogP contribution in [-0.4, -0.2) is 9.78 Å². The highest BCUT2D eigenvalue weighted by Crippen LogP contribution is 2.21. The maximum Gasteiger partial charge on any atom is 0.0826 e. The lowest BCUT2D eigenvalue weighted by molar-refractivity contribution is 0.666. The minimum Gasteiger partial charge on any atom is -0.396 e. The standard InChI is InChI=1S/C12H17N3S/c1-4-10-5-6-11(16-10)7-15-9(3)12(13)8(2)14-15/h5-6H,4,7,13H2,1-3H3. The third kappa shape index (κ3) is 1.97. The molecule has 0 aromatic carbocycles. The first kappa shape index (κ1) is 11.2. The van der Waals surface area contributed by atoms with Crippen LogP contribution in [0.2, 0.25) is 0 Å². The summed E-state index contributed by atoms with van der Waals surface area (Å²) in [6.45, 7) is 6.97. The molecule has 0 radical (unpaired) electrons. The summed E-state index contributed by atoms with van der Waals surface area (Å²) >= 11 is 1.85. The van der Waals surface area contributed by atoms with Crippen LogP contribution >= 0.6 is 11.3 Å². The van der Waals surface area contributed by atoms with E-state index in [0.29, 0.717) is 0 Å². The highest BCUT2D eigenvalue weighted by Gasteiger charge is 2.09. The lowest BCUT2D eigenvalue weighted by Gasteiger charge is -2.01. The summed E-state index contributed by atoms with van der Waals surface area (Å²) in [7, 11) is 0. The van der Waals surface area contributed by atoms with Gasteiger partial charge in [0.05, 0.1) is 23.6 Å². The van der Waals surface area contributed by atoms with Gasteiger partial charge in [-0.05, 0) is 32.4 Å². The van der Waals surface area contributed by atoms with Gasteiger partial charge in [0.1, 0.15) is 0 Å². The number of nitrogens with zero attached hydrogens (tertiary/aromatic N) is 2. The summed E-state index contributed by atoms with van der Waals surface area (Å²) in [5.41, 5.74) is 8.70. The van der Waals surface area contributed by atoms with Crippen molar-refractivity contribution < 1.29 is 0 Å². The van der Waals surface area contributed by atoms with Crippen LogP contribution in [0.25, 0.3) is 0 Å². The average Bonchev–Trinajstić information content (AvgIpc) is 2.81. The summed E-state index contributed by atoms with van der Waals surface area (Å²) in [6.07, 6.45) is 1.10. The fourth-order valence-electron chi connectivity index (χ4n) is 1.71. The van der Waals surface area contributed by atoms with E-state index < -0.39 is 0 Å². The quantitative estimate of drug-likeness (QED) is 0.889. The molecule has 2 N–H and O–H groups in total. The third-order valence-corrected chi connectivity index (χ3v) is 4.02. The highest BCUT2D eigenvalue weighted by atomic mass is 32.1. The molecule has 4 heteroatoms. The molecular formula is C12H17N3S. The number of hydrogen-bond donors (Lipinski definition) is 1. The second-order valence-corrected chi connectivity index (χ2v) is 5.22. The van der Waals surface area contributed by atoms with Crippen LogP contribution in [0.5, 0.6) is 0 Å². The molecule has 0 fully saturated rings. The Morgan fingerprint density at radius 1 is 1.31 bits per heavy atom. The first-order valence-electron chi connectivity index (χ1n) is 5.49. The molecule has 2 rings (SSSR count). The van der Waals surface area contributed by atoms with Gasteiger partial charge in [-0.15, -0.1) is 11.3 Å². The Morgan fingerprint density at radius 2 is 2.00 bits per heavy atom. The van der Waals surface area contributed by atoms with Crippen molar-refractivity contribution in [2.75, 3.05) is 5.73 Å². The van der Waals surface area contributed by atoms with Crippen molar-refractivity contribution in [2.24, 2.45) is 0 Å². The molecule has 0 spiro atoms. The highest BCUT2D eigenvalue weighted by molar-refractivity contribution is 7.11. The number of hydrogen-bond acceptors (Lipinski definition) is 3. The number of nitrogen functional groups attached to an aromatic ring is 1. The van der Waals surface area contributed by atoms with Gasteiger partial charge in [0.25, 0.3) is 0 Å². The van der Waals surface area contributed by atoms with Gasteiger partial charge in [-0.25, -0.2) is 0 Å². The van der Waals surface area contributed by atoms with Crippen LogP contribution in [0.4, 0.5) is 5.69 Å². The number of aromatic nitrogens is 2. The normalized spacial score (nSPS) is 10.9. The molecule has 0 saturated carbocycles. The van der Waals surface area contributed by atoms with Crippen molar-refractivity contribution in [1.29, 1.82) is 0 Å². The van der Waals surface area contributed by atoms with E-state index in [-0.39, 0.29) is 0 Å². The topological polar surface area (TPSA) is 43.8 Å². The summed E-state index contributed by atoms with van der Waals surface area (Å²) in [5.74, 6) is 0. The number of thiophene rings is 1. The Labute approximate surface area is 99.9 Å². The van der Waals surface area contributed by atoms with Gasteiger partial charge < -0.3 is 5.73 Å². The molecule has 2 heterocycles. The minimum absolute atomic E-state index is 0.812. The predicted molar refractivity (Wildman–Crippen MR) is 68.9 cm³/mol. The Morgan fingerprint density at radius 3 is 2.50 bits per heavy atom. The van der Waals surface area contributed by atoms with Crippen molar-refractivity contribution in [3.05, 3.63) is 33.3 Å². The van der Waals surface area contributed by atoms with Crippen molar-refractivity contribution in [3.63, 3.8) is 0 Å². The van der Waals surface area contributed by atoms with Crippen molar-refractivity contribution >= 4 is 17.0 Å². The van der Waals surface area contributed by atoms with E-state index in [1.807, 2.05) is 29.9 Å². The summed E-state index contributed by atoms with van der Waals surface area (Å²) < 4.78 is 1.98. The average molecular weight is 235 g/mol. The van der Waals surface area contributed by atoms with E-state index in [1.54, 1.807) is 0 Å². The number of rotatable bonds is 3. The number of aryl methyl sites for hydroxylation is 2. The fourth-order valence-corrected chi connectivity index (χ4v) is 2.65. The Balaban J connectivity index is 2.23. The predicted octanol–water partition coefficient (Wildman–Crippen LogP) is 2.75. The van der Waals surface area contributed by atoms with Crippen molar-refractivity contribution in [2.45, 2.75) is 33.7 Å². The van der Waals surface area contributed by atoms with Crippen LogP contribution in [0.3, 0.4) is 0 Å². The Bertz CT molecular complexity index is 496. The van der Waals surface area contributed by atoms with Gasteiger partial charge in [0, 0.05) is 9.75 Å². The molecule has 0 amide bonds. The smallest absolute Gasteiger partial charge is 0.0826 e. The van der Waals surface area contributed by atoms with E-state index in [2.05, 4.69) is 24.2 Å². The molecule has 0 saturated heterocycles. The maximum atomic E-state index is 5.91. The molecule has 2 aromatic rings. The lowest BCUT2D eigenvalue weighted by atomic mass is 10.3. The van der Waals surface area contributed by atoms with Crippen LogP contribution < -0.4 is 5.73 Å². The molecule has 2 aromatic heterocycles. The van der Waals surface area contributed by atoms with Gasteiger partial charge >= 0.3 is 0 Å². The van der Waals surface area contributed by atoms with E-state index >= 15 is 0 Å². The third-order valence-electron chi connectivity index (χ3n) is 2.81. The summed E-state index contributed by atoms with van der Waals surface area (Å²) in [5, 5.41) is 4.44. The maximum absolute atomic E-state index is 5.91. The number of nitrogens with two attached hydrogens (primary N) is 1. The van der Waals surface area contributed by atoms with E-state index in [0.717, 1.165) is 30.0 Å². The van der Waals surface area contributed by atoms with Crippen LogP contribution in [0.15, 0.2) is 12.1 Å². The van der Waals surface area contributed by atoms with E-state index in [1.165, 1.54) is 9.75 Å².